The SMILES string of the molecule is O=C(NCc1ccccc1)C(c1cccc2ccccc12)n1c(=O)c(-c2cc3ccccc3[nH]2)nc2ccccc21. The average molecular weight is 535 g/mol. The van der Waals surface area contributed by atoms with E-state index >= 15 is 0 Å². The van der Waals surface area contributed by atoms with E-state index in [0.717, 1.165) is 32.8 Å². The van der Waals surface area contributed by atoms with E-state index in [4.69, 9.17) is 4.98 Å². The van der Waals surface area contributed by atoms with Crippen molar-refractivity contribution in [1.82, 2.24) is 19.9 Å². The van der Waals surface area contributed by atoms with Gasteiger partial charge < -0.3 is 10.3 Å². The lowest BCUT2D eigenvalue weighted by Gasteiger charge is -2.24. The van der Waals surface area contributed by atoms with Crippen molar-refractivity contribution in [2.45, 2.75) is 12.6 Å². The predicted molar refractivity (Wildman–Crippen MR) is 164 cm³/mol. The van der Waals surface area contributed by atoms with Gasteiger partial charge in [0.25, 0.3) is 5.56 Å². The van der Waals surface area contributed by atoms with Crippen LogP contribution in [0.3, 0.4) is 0 Å². The number of amides is 1. The van der Waals surface area contributed by atoms with Gasteiger partial charge in [0.1, 0.15) is 6.04 Å². The van der Waals surface area contributed by atoms with Crippen LogP contribution in [-0.2, 0) is 11.3 Å². The summed E-state index contributed by atoms with van der Waals surface area (Å²) >= 11 is 0. The van der Waals surface area contributed by atoms with E-state index in [1.165, 1.54) is 0 Å². The molecular weight excluding hydrogens is 508 g/mol. The molecule has 2 heterocycles. The number of para-hydroxylation sites is 3. The maximum atomic E-state index is 14.5. The molecule has 6 nitrogen and oxygen atoms in total. The minimum absolute atomic E-state index is 0.265. The molecule has 0 saturated heterocycles. The lowest BCUT2D eigenvalue weighted by molar-refractivity contribution is -0.123. The zero-order valence-corrected chi connectivity index (χ0v) is 22.1. The molecule has 0 aliphatic heterocycles. The van der Waals surface area contributed by atoms with E-state index in [-0.39, 0.29) is 17.2 Å². The second kappa shape index (κ2) is 10.2. The first-order valence-electron chi connectivity index (χ1n) is 13.6. The van der Waals surface area contributed by atoms with Crippen molar-refractivity contribution in [3.8, 4) is 11.4 Å². The summed E-state index contributed by atoms with van der Waals surface area (Å²) < 4.78 is 1.60. The van der Waals surface area contributed by atoms with Crippen LogP contribution in [0, 0.1) is 0 Å². The van der Waals surface area contributed by atoms with E-state index in [1.807, 2.05) is 127 Å². The highest BCUT2D eigenvalue weighted by Crippen LogP contribution is 2.30. The first-order chi connectivity index (χ1) is 20.2. The van der Waals surface area contributed by atoms with Gasteiger partial charge in [0.2, 0.25) is 5.91 Å². The predicted octanol–water partition coefficient (Wildman–Crippen LogP) is 6.60. The van der Waals surface area contributed by atoms with E-state index in [9.17, 15) is 9.59 Å². The zero-order chi connectivity index (χ0) is 27.8. The van der Waals surface area contributed by atoms with Gasteiger partial charge in [0, 0.05) is 17.4 Å². The summed E-state index contributed by atoms with van der Waals surface area (Å²) in [6, 6.07) is 39.9. The standard InChI is InChI=1S/C35H26N4O2/c40-34(36-22-23-11-2-1-3-12-23)33(27-17-10-15-24-13-4-6-16-26(24)27)39-31-20-9-8-19-29(31)38-32(35(39)41)30-21-25-14-5-7-18-28(25)37-30/h1-21,33,37H,22H2,(H,36,40). The number of carbonyl (C=O) groups is 1. The number of rotatable bonds is 6. The first-order valence-corrected chi connectivity index (χ1v) is 13.6. The molecule has 5 aromatic carbocycles. The lowest BCUT2D eigenvalue weighted by atomic mass is 9.97. The number of aromatic nitrogens is 3. The maximum Gasteiger partial charge on any atom is 0.280 e. The fraction of sp³-hybridized carbons (Fsp3) is 0.0571. The smallest absolute Gasteiger partial charge is 0.280 e. The van der Waals surface area contributed by atoms with Gasteiger partial charge in [0.05, 0.1) is 16.7 Å². The van der Waals surface area contributed by atoms with Gasteiger partial charge in [-0.3, -0.25) is 14.2 Å². The summed E-state index contributed by atoms with van der Waals surface area (Å²) in [7, 11) is 0. The molecule has 198 valence electrons. The van der Waals surface area contributed by atoms with Gasteiger partial charge in [-0.15, -0.1) is 0 Å². The second-order valence-electron chi connectivity index (χ2n) is 10.1. The molecule has 0 spiro atoms. The highest BCUT2D eigenvalue weighted by Gasteiger charge is 2.29. The summed E-state index contributed by atoms with van der Waals surface area (Å²) in [5, 5.41) is 5.99. The zero-order valence-electron chi connectivity index (χ0n) is 22.1. The number of benzene rings is 5. The first kappa shape index (κ1) is 24.5. The van der Waals surface area contributed by atoms with Crippen LogP contribution >= 0.6 is 0 Å². The molecule has 41 heavy (non-hydrogen) atoms. The molecule has 0 bridgehead atoms. The maximum absolute atomic E-state index is 14.5. The molecule has 0 fully saturated rings. The van der Waals surface area contributed by atoms with Crippen LogP contribution in [0.25, 0.3) is 44.1 Å². The molecule has 0 saturated carbocycles. The molecule has 6 heteroatoms. The monoisotopic (exact) mass is 534 g/mol. The Morgan fingerprint density at radius 2 is 1.49 bits per heavy atom. The van der Waals surface area contributed by atoms with Gasteiger partial charge in [-0.05, 0) is 46.2 Å². The number of nitrogens with zero attached hydrogens (tertiary/aromatic N) is 2. The van der Waals surface area contributed by atoms with Crippen LogP contribution in [0.5, 0.6) is 0 Å². The minimum Gasteiger partial charge on any atom is -0.353 e. The largest absolute Gasteiger partial charge is 0.353 e. The van der Waals surface area contributed by atoms with Crippen molar-refractivity contribution in [1.29, 1.82) is 0 Å². The van der Waals surface area contributed by atoms with Gasteiger partial charge >= 0.3 is 0 Å². The molecule has 7 aromatic rings. The second-order valence-corrected chi connectivity index (χ2v) is 10.1. The molecular formula is C35H26N4O2. The number of aromatic amines is 1. The Kier molecular flexibility index (Phi) is 6.13. The highest BCUT2D eigenvalue weighted by atomic mass is 16.2. The van der Waals surface area contributed by atoms with Gasteiger partial charge in [-0.1, -0.05) is 103 Å². The summed E-state index contributed by atoms with van der Waals surface area (Å²) in [4.78, 5) is 36.9. The minimum atomic E-state index is -0.937. The van der Waals surface area contributed by atoms with Crippen molar-refractivity contribution in [2.24, 2.45) is 0 Å². The van der Waals surface area contributed by atoms with Gasteiger partial charge in [-0.25, -0.2) is 4.98 Å². The van der Waals surface area contributed by atoms with Crippen LogP contribution in [0.1, 0.15) is 17.2 Å². The Hall–Kier alpha value is -5.49. The highest BCUT2D eigenvalue weighted by molar-refractivity contribution is 5.94. The molecule has 2 aromatic heterocycles. The van der Waals surface area contributed by atoms with Crippen LogP contribution in [0.4, 0.5) is 0 Å². The van der Waals surface area contributed by atoms with E-state index < -0.39 is 6.04 Å². The Labute approximate surface area is 235 Å². The van der Waals surface area contributed by atoms with Crippen molar-refractivity contribution in [3.05, 3.63) is 149 Å². The molecule has 1 atom stereocenters. The van der Waals surface area contributed by atoms with Crippen LogP contribution in [0.2, 0.25) is 0 Å². The number of hydrogen-bond donors (Lipinski definition) is 2. The van der Waals surface area contributed by atoms with E-state index in [2.05, 4.69) is 10.3 Å². The number of H-pyrrole nitrogens is 1. The Bertz CT molecular complexity index is 2070. The van der Waals surface area contributed by atoms with Crippen molar-refractivity contribution >= 4 is 38.6 Å². The van der Waals surface area contributed by atoms with Crippen LogP contribution in [-0.4, -0.2) is 20.4 Å². The fourth-order valence-electron chi connectivity index (χ4n) is 5.56. The molecule has 2 N–H and O–H groups in total. The molecule has 0 aliphatic carbocycles. The van der Waals surface area contributed by atoms with E-state index in [0.29, 0.717) is 23.3 Å². The Morgan fingerprint density at radius 1 is 0.780 bits per heavy atom. The third kappa shape index (κ3) is 4.45. The van der Waals surface area contributed by atoms with Crippen LogP contribution < -0.4 is 10.9 Å². The van der Waals surface area contributed by atoms with Gasteiger partial charge in [0.15, 0.2) is 5.69 Å². The molecule has 0 radical (unpaired) electrons. The topological polar surface area (TPSA) is 79.8 Å². The Balaban J connectivity index is 1.47. The number of nitrogens with one attached hydrogen (secondary N) is 2. The third-order valence-corrected chi connectivity index (χ3v) is 7.51. The van der Waals surface area contributed by atoms with Crippen molar-refractivity contribution in [3.63, 3.8) is 0 Å². The number of hydrogen-bond acceptors (Lipinski definition) is 3. The lowest BCUT2D eigenvalue weighted by Crippen LogP contribution is -2.38. The summed E-state index contributed by atoms with van der Waals surface area (Å²) in [6.07, 6.45) is 0. The molecule has 7 rings (SSSR count). The molecule has 1 unspecified atom stereocenters. The number of carbonyl (C=O) groups excluding carboxylic acids is 1. The number of fused-ring (bicyclic) bond motifs is 3. The van der Waals surface area contributed by atoms with Gasteiger partial charge in [-0.2, -0.15) is 0 Å². The normalized spacial score (nSPS) is 12.1. The summed E-state index contributed by atoms with van der Waals surface area (Å²) in [6.45, 7) is 0.341. The third-order valence-electron chi connectivity index (χ3n) is 7.51. The average Bonchev–Trinajstić information content (AvgIpc) is 3.46. The fourth-order valence-corrected chi connectivity index (χ4v) is 5.56. The molecule has 1 amide bonds. The van der Waals surface area contributed by atoms with Crippen molar-refractivity contribution < 1.29 is 4.79 Å². The molecule has 0 aliphatic rings. The summed E-state index contributed by atoms with van der Waals surface area (Å²) in [5.74, 6) is -0.272. The van der Waals surface area contributed by atoms with Crippen molar-refractivity contribution in [2.75, 3.05) is 0 Å². The quantitative estimate of drug-likeness (QED) is 0.252. The van der Waals surface area contributed by atoms with Crippen LogP contribution in [0.15, 0.2) is 132 Å². The summed E-state index contributed by atoms with van der Waals surface area (Å²) in [5.41, 5.74) is 4.38. The Morgan fingerprint density at radius 3 is 2.34 bits per heavy atom. The van der Waals surface area contributed by atoms with E-state index in [1.54, 1.807) is 4.57 Å².